The Balaban J connectivity index is 2.11. The van der Waals surface area contributed by atoms with Crippen LogP contribution in [-0.2, 0) is 4.79 Å². The highest BCUT2D eigenvalue weighted by atomic mass is 35.5. The van der Waals surface area contributed by atoms with E-state index in [-0.39, 0.29) is 5.75 Å². The number of hydrogen-bond acceptors (Lipinski definition) is 4. The molecular formula is C17H15Cl2N3O2. The second kappa shape index (κ2) is 6.26. The number of carbonyl (C=O) groups excluding carboxylic acids is 1. The molecular weight excluding hydrogens is 349 g/mol. The molecule has 1 unspecified atom stereocenters. The van der Waals surface area contributed by atoms with Crippen LogP contribution < -0.4 is 16.0 Å². The summed E-state index contributed by atoms with van der Waals surface area (Å²) in [6.45, 7) is 1.80. The lowest BCUT2D eigenvalue weighted by atomic mass is 10.1. The van der Waals surface area contributed by atoms with Crippen LogP contribution in [0.15, 0.2) is 53.9 Å². The standard InChI is InChI=1S/C17H15Cl2N3O2/c1-9-15(16(20)24)21-17(13-7-2-10(18)8-14(13)19)22(9)11-3-5-12(23)6-4-11/h2-8,17,21,23H,1H3,(H2,20,24). The van der Waals surface area contributed by atoms with Gasteiger partial charge in [0, 0.05) is 27.0 Å². The van der Waals surface area contributed by atoms with Crippen LogP contribution >= 0.6 is 23.2 Å². The molecule has 1 aliphatic heterocycles. The summed E-state index contributed by atoms with van der Waals surface area (Å²) in [5, 5.41) is 13.6. The molecule has 0 aliphatic carbocycles. The fourth-order valence-corrected chi connectivity index (χ4v) is 3.28. The fraction of sp³-hybridized carbons (Fsp3) is 0.118. The van der Waals surface area contributed by atoms with Crippen LogP contribution in [0.5, 0.6) is 5.75 Å². The molecule has 0 saturated carbocycles. The molecule has 0 bridgehead atoms. The Morgan fingerprint density at radius 3 is 2.46 bits per heavy atom. The molecule has 0 saturated heterocycles. The van der Waals surface area contributed by atoms with Crippen molar-refractivity contribution in [2.75, 3.05) is 4.90 Å². The van der Waals surface area contributed by atoms with E-state index < -0.39 is 12.1 Å². The Kier molecular flexibility index (Phi) is 4.30. The summed E-state index contributed by atoms with van der Waals surface area (Å²) in [5.74, 6) is -0.396. The molecule has 124 valence electrons. The molecule has 1 heterocycles. The Bertz CT molecular complexity index is 834. The van der Waals surface area contributed by atoms with E-state index in [0.29, 0.717) is 21.4 Å². The van der Waals surface area contributed by atoms with E-state index >= 15 is 0 Å². The van der Waals surface area contributed by atoms with Gasteiger partial charge in [0.1, 0.15) is 17.6 Å². The third-order valence-corrected chi connectivity index (χ3v) is 4.46. The average Bonchev–Trinajstić information content (AvgIpc) is 2.86. The van der Waals surface area contributed by atoms with Gasteiger partial charge in [0.15, 0.2) is 0 Å². The SMILES string of the molecule is CC1=C(C(N)=O)NC(c2ccc(Cl)cc2Cl)N1c1ccc(O)cc1. The molecule has 7 heteroatoms. The van der Waals surface area contributed by atoms with Gasteiger partial charge in [0.05, 0.1) is 0 Å². The van der Waals surface area contributed by atoms with Gasteiger partial charge in [-0.15, -0.1) is 0 Å². The van der Waals surface area contributed by atoms with Crippen molar-refractivity contribution in [2.45, 2.75) is 13.1 Å². The summed E-state index contributed by atoms with van der Waals surface area (Å²) in [6, 6.07) is 11.8. The van der Waals surface area contributed by atoms with Gasteiger partial charge in [-0.25, -0.2) is 0 Å². The summed E-state index contributed by atoms with van der Waals surface area (Å²) < 4.78 is 0. The smallest absolute Gasteiger partial charge is 0.266 e. The highest BCUT2D eigenvalue weighted by Gasteiger charge is 2.34. The third-order valence-electron chi connectivity index (χ3n) is 3.89. The normalized spacial score (nSPS) is 17.1. The van der Waals surface area contributed by atoms with E-state index in [2.05, 4.69) is 5.32 Å². The number of nitrogens with zero attached hydrogens (tertiary/aromatic N) is 1. The maximum atomic E-state index is 11.7. The summed E-state index contributed by atoms with van der Waals surface area (Å²) in [7, 11) is 0. The van der Waals surface area contributed by atoms with Crippen molar-refractivity contribution in [1.29, 1.82) is 0 Å². The van der Waals surface area contributed by atoms with Crippen molar-refractivity contribution in [1.82, 2.24) is 5.32 Å². The van der Waals surface area contributed by atoms with Crippen LogP contribution in [-0.4, -0.2) is 11.0 Å². The van der Waals surface area contributed by atoms with Gasteiger partial charge in [-0.05, 0) is 43.3 Å². The number of primary amides is 1. The van der Waals surface area contributed by atoms with E-state index in [1.807, 2.05) is 4.90 Å². The number of benzene rings is 2. The largest absolute Gasteiger partial charge is 0.508 e. The van der Waals surface area contributed by atoms with Crippen LogP contribution in [0.1, 0.15) is 18.7 Å². The molecule has 24 heavy (non-hydrogen) atoms. The topological polar surface area (TPSA) is 78.6 Å². The van der Waals surface area contributed by atoms with Crippen LogP contribution in [0.2, 0.25) is 10.0 Å². The fourth-order valence-electron chi connectivity index (χ4n) is 2.77. The number of nitrogens with two attached hydrogens (primary N) is 1. The van der Waals surface area contributed by atoms with Crippen LogP contribution in [0.3, 0.4) is 0 Å². The molecule has 2 aromatic rings. The molecule has 3 rings (SSSR count). The van der Waals surface area contributed by atoms with E-state index in [0.717, 1.165) is 11.3 Å². The lowest BCUT2D eigenvalue weighted by Crippen LogP contribution is -2.30. The van der Waals surface area contributed by atoms with Crippen molar-refractivity contribution in [3.8, 4) is 5.75 Å². The maximum Gasteiger partial charge on any atom is 0.266 e. The van der Waals surface area contributed by atoms with Crippen molar-refractivity contribution in [3.63, 3.8) is 0 Å². The average molecular weight is 364 g/mol. The molecule has 0 radical (unpaired) electrons. The zero-order valence-corrected chi connectivity index (χ0v) is 14.3. The third kappa shape index (κ3) is 2.88. The number of aromatic hydroxyl groups is 1. The minimum atomic E-state index is -0.552. The number of phenols is 1. The second-order valence-electron chi connectivity index (χ2n) is 5.42. The van der Waals surface area contributed by atoms with Gasteiger partial charge in [-0.2, -0.15) is 0 Å². The Hall–Kier alpha value is -2.37. The number of halogens is 2. The second-order valence-corrected chi connectivity index (χ2v) is 6.27. The highest BCUT2D eigenvalue weighted by Crippen LogP contribution is 2.39. The molecule has 1 atom stereocenters. The number of hydrogen-bond donors (Lipinski definition) is 3. The van der Waals surface area contributed by atoms with Gasteiger partial charge < -0.3 is 21.1 Å². The highest BCUT2D eigenvalue weighted by molar-refractivity contribution is 6.35. The van der Waals surface area contributed by atoms with Gasteiger partial charge in [-0.3, -0.25) is 4.79 Å². The first-order valence-corrected chi connectivity index (χ1v) is 7.94. The summed E-state index contributed by atoms with van der Waals surface area (Å²) in [5.41, 5.74) is 8.00. The predicted molar refractivity (Wildman–Crippen MR) is 94.8 cm³/mol. The number of nitrogens with one attached hydrogen (secondary N) is 1. The minimum absolute atomic E-state index is 0.156. The van der Waals surface area contributed by atoms with Gasteiger partial charge in [0.2, 0.25) is 0 Å². The van der Waals surface area contributed by atoms with Crippen LogP contribution in [0, 0.1) is 0 Å². The molecule has 5 nitrogen and oxygen atoms in total. The minimum Gasteiger partial charge on any atom is -0.508 e. The Morgan fingerprint density at radius 2 is 1.88 bits per heavy atom. The van der Waals surface area contributed by atoms with E-state index in [9.17, 15) is 9.90 Å². The van der Waals surface area contributed by atoms with Crippen LogP contribution in [0.4, 0.5) is 5.69 Å². The Morgan fingerprint density at radius 1 is 1.21 bits per heavy atom. The number of amides is 1. The van der Waals surface area contributed by atoms with Crippen LogP contribution in [0.25, 0.3) is 0 Å². The summed E-state index contributed by atoms with van der Waals surface area (Å²) >= 11 is 12.3. The van der Waals surface area contributed by atoms with Gasteiger partial charge >= 0.3 is 0 Å². The van der Waals surface area contributed by atoms with E-state index in [1.54, 1.807) is 49.4 Å². The molecule has 2 aromatic carbocycles. The molecule has 0 fully saturated rings. The first-order chi connectivity index (χ1) is 11.4. The first kappa shape index (κ1) is 16.5. The quantitative estimate of drug-likeness (QED) is 0.779. The first-order valence-electron chi connectivity index (χ1n) is 7.19. The van der Waals surface area contributed by atoms with E-state index in [4.69, 9.17) is 28.9 Å². The van der Waals surface area contributed by atoms with Gasteiger partial charge in [0.25, 0.3) is 5.91 Å². The number of rotatable bonds is 3. The lowest BCUT2D eigenvalue weighted by Gasteiger charge is -2.29. The number of anilines is 1. The molecule has 1 aliphatic rings. The maximum absolute atomic E-state index is 11.7. The summed E-state index contributed by atoms with van der Waals surface area (Å²) in [4.78, 5) is 13.6. The van der Waals surface area contributed by atoms with Crippen molar-refractivity contribution in [2.24, 2.45) is 5.73 Å². The zero-order chi connectivity index (χ0) is 17.4. The van der Waals surface area contributed by atoms with Crippen molar-refractivity contribution < 1.29 is 9.90 Å². The van der Waals surface area contributed by atoms with Crippen molar-refractivity contribution in [3.05, 3.63) is 69.5 Å². The number of allylic oxidation sites excluding steroid dienone is 1. The number of phenolic OH excluding ortho intramolecular Hbond substituents is 1. The molecule has 0 aromatic heterocycles. The van der Waals surface area contributed by atoms with Gasteiger partial charge in [-0.1, -0.05) is 29.3 Å². The predicted octanol–water partition coefficient (Wildman–Crippen LogP) is 3.52. The molecule has 1 amide bonds. The molecule has 0 spiro atoms. The summed E-state index contributed by atoms with van der Waals surface area (Å²) in [6.07, 6.45) is -0.415. The monoisotopic (exact) mass is 363 g/mol. The number of carbonyl (C=O) groups is 1. The molecule has 4 N–H and O–H groups in total. The zero-order valence-electron chi connectivity index (χ0n) is 12.8. The van der Waals surface area contributed by atoms with Crippen molar-refractivity contribution >= 4 is 34.8 Å². The Labute approximate surface area is 149 Å². The van der Waals surface area contributed by atoms with E-state index in [1.165, 1.54) is 0 Å². The lowest BCUT2D eigenvalue weighted by molar-refractivity contribution is -0.114.